The lowest BCUT2D eigenvalue weighted by Gasteiger charge is -2.03. The van der Waals surface area contributed by atoms with E-state index in [1.54, 1.807) is 0 Å². The molecule has 2 atom stereocenters. The summed E-state index contributed by atoms with van der Waals surface area (Å²) < 4.78 is 0. The van der Waals surface area contributed by atoms with Gasteiger partial charge in [-0.25, -0.2) is 0 Å². The molecule has 0 nitrogen and oxygen atoms in total. The van der Waals surface area contributed by atoms with Gasteiger partial charge in [0, 0.05) is 0 Å². The predicted molar refractivity (Wildman–Crippen MR) is 56.6 cm³/mol. The molecule has 13 heavy (non-hydrogen) atoms. The fourth-order valence-corrected chi connectivity index (χ4v) is 2.24. The minimum atomic E-state index is 0.883. The second kappa shape index (κ2) is 3.53. The average Bonchev–Trinajstić information content (AvgIpc) is 2.86. The molecule has 2 rings (SSSR count). The van der Waals surface area contributed by atoms with Crippen LogP contribution >= 0.6 is 0 Å². The van der Waals surface area contributed by atoms with Gasteiger partial charge in [-0.2, -0.15) is 0 Å². The van der Waals surface area contributed by atoms with Crippen LogP contribution in [0.3, 0.4) is 0 Å². The molecule has 0 heterocycles. The van der Waals surface area contributed by atoms with Gasteiger partial charge in [0.2, 0.25) is 0 Å². The molecule has 1 aromatic rings. The molecular weight excluding hydrogens is 156 g/mol. The van der Waals surface area contributed by atoms with E-state index < -0.39 is 0 Å². The molecule has 1 aromatic carbocycles. The highest BCUT2D eigenvalue weighted by molar-refractivity contribution is 5.16. The fourth-order valence-electron chi connectivity index (χ4n) is 2.24. The van der Waals surface area contributed by atoms with E-state index in [9.17, 15) is 0 Å². The third-order valence-corrected chi connectivity index (χ3v) is 3.17. The molecule has 1 saturated carbocycles. The highest BCUT2D eigenvalue weighted by Crippen LogP contribution is 2.45. The Hall–Kier alpha value is -0.780. The van der Waals surface area contributed by atoms with Crippen molar-refractivity contribution in [3.05, 3.63) is 35.9 Å². The highest BCUT2D eigenvalue weighted by atomic mass is 14.4. The van der Waals surface area contributed by atoms with Gasteiger partial charge in [0.25, 0.3) is 0 Å². The summed E-state index contributed by atoms with van der Waals surface area (Å²) in [5.74, 6) is 2.86. The Morgan fingerprint density at radius 3 is 2.46 bits per heavy atom. The van der Waals surface area contributed by atoms with Gasteiger partial charge < -0.3 is 0 Å². The van der Waals surface area contributed by atoms with Crippen LogP contribution in [0.25, 0.3) is 0 Å². The Labute approximate surface area is 81.0 Å². The van der Waals surface area contributed by atoms with Crippen LogP contribution in [0.15, 0.2) is 30.3 Å². The van der Waals surface area contributed by atoms with Crippen LogP contribution in [-0.4, -0.2) is 0 Å². The summed E-state index contributed by atoms with van der Waals surface area (Å²) in [7, 11) is 0. The lowest BCUT2D eigenvalue weighted by molar-refractivity contribution is 0.516. The van der Waals surface area contributed by atoms with E-state index in [0.29, 0.717) is 0 Å². The second-order valence-corrected chi connectivity index (χ2v) is 4.59. The quantitative estimate of drug-likeness (QED) is 0.657. The summed E-state index contributed by atoms with van der Waals surface area (Å²) >= 11 is 0. The Morgan fingerprint density at radius 1 is 1.23 bits per heavy atom. The minimum absolute atomic E-state index is 0.883. The SMILES string of the molecule is CC(C)[C@H]1C[C@@H]1Cc1ccccc1. The Morgan fingerprint density at radius 2 is 1.92 bits per heavy atom. The minimum Gasteiger partial charge on any atom is -0.0625 e. The molecule has 0 amide bonds. The maximum atomic E-state index is 2.34. The molecule has 0 spiro atoms. The lowest BCUT2D eigenvalue weighted by atomic mass is 10.0. The smallest absolute Gasteiger partial charge is 0.0248 e. The zero-order valence-electron chi connectivity index (χ0n) is 8.53. The summed E-state index contributed by atoms with van der Waals surface area (Å²) in [5, 5.41) is 0. The van der Waals surface area contributed by atoms with Crippen molar-refractivity contribution in [2.45, 2.75) is 26.7 Å². The van der Waals surface area contributed by atoms with E-state index in [1.165, 1.54) is 18.4 Å². The molecule has 1 aliphatic rings. The van der Waals surface area contributed by atoms with Crippen molar-refractivity contribution in [1.82, 2.24) is 0 Å². The highest BCUT2D eigenvalue weighted by Gasteiger charge is 2.38. The topological polar surface area (TPSA) is 0 Å². The van der Waals surface area contributed by atoms with Crippen LogP contribution in [0.4, 0.5) is 0 Å². The van der Waals surface area contributed by atoms with Gasteiger partial charge in [-0.1, -0.05) is 44.2 Å². The number of benzene rings is 1. The van der Waals surface area contributed by atoms with E-state index in [-0.39, 0.29) is 0 Å². The Balaban J connectivity index is 1.88. The number of hydrogen-bond donors (Lipinski definition) is 0. The van der Waals surface area contributed by atoms with Crippen molar-refractivity contribution >= 4 is 0 Å². The van der Waals surface area contributed by atoms with Crippen molar-refractivity contribution in [3.8, 4) is 0 Å². The molecule has 0 heteroatoms. The summed E-state index contributed by atoms with van der Waals surface area (Å²) in [6, 6.07) is 10.9. The molecular formula is C13H18. The molecule has 0 aliphatic heterocycles. The van der Waals surface area contributed by atoms with Crippen molar-refractivity contribution in [1.29, 1.82) is 0 Å². The Kier molecular flexibility index (Phi) is 2.39. The van der Waals surface area contributed by atoms with Crippen molar-refractivity contribution in [2.24, 2.45) is 17.8 Å². The molecule has 1 fully saturated rings. The average molecular weight is 174 g/mol. The van der Waals surface area contributed by atoms with Gasteiger partial charge in [0.05, 0.1) is 0 Å². The number of hydrogen-bond acceptors (Lipinski definition) is 0. The van der Waals surface area contributed by atoms with E-state index in [0.717, 1.165) is 17.8 Å². The molecule has 0 bridgehead atoms. The maximum Gasteiger partial charge on any atom is -0.0248 e. The van der Waals surface area contributed by atoms with Crippen molar-refractivity contribution in [3.63, 3.8) is 0 Å². The maximum absolute atomic E-state index is 2.34. The van der Waals surface area contributed by atoms with Gasteiger partial charge in [0.15, 0.2) is 0 Å². The summed E-state index contributed by atoms with van der Waals surface area (Å²) in [4.78, 5) is 0. The standard InChI is InChI=1S/C13H18/c1-10(2)13-9-12(13)8-11-6-4-3-5-7-11/h3-7,10,12-13H,8-9H2,1-2H3/t12-,13+/m0/s1. The molecule has 1 aliphatic carbocycles. The monoisotopic (exact) mass is 174 g/mol. The van der Waals surface area contributed by atoms with Crippen molar-refractivity contribution < 1.29 is 0 Å². The van der Waals surface area contributed by atoms with E-state index in [4.69, 9.17) is 0 Å². The van der Waals surface area contributed by atoms with Crippen LogP contribution in [0, 0.1) is 17.8 Å². The van der Waals surface area contributed by atoms with Gasteiger partial charge in [-0.3, -0.25) is 0 Å². The summed E-state index contributed by atoms with van der Waals surface area (Å²) in [6.07, 6.45) is 2.75. The second-order valence-electron chi connectivity index (χ2n) is 4.59. The third kappa shape index (κ3) is 2.12. The van der Waals surface area contributed by atoms with Crippen LogP contribution < -0.4 is 0 Å². The molecule has 0 saturated heterocycles. The van der Waals surface area contributed by atoms with Crippen LogP contribution in [0.2, 0.25) is 0 Å². The van der Waals surface area contributed by atoms with Gasteiger partial charge in [-0.05, 0) is 36.2 Å². The van der Waals surface area contributed by atoms with E-state index >= 15 is 0 Å². The molecule has 0 unspecified atom stereocenters. The molecule has 0 aromatic heterocycles. The zero-order valence-corrected chi connectivity index (χ0v) is 8.53. The first kappa shape index (κ1) is 8.80. The molecule has 0 radical (unpaired) electrons. The first-order valence-corrected chi connectivity index (χ1v) is 5.31. The van der Waals surface area contributed by atoms with Gasteiger partial charge in [-0.15, -0.1) is 0 Å². The van der Waals surface area contributed by atoms with Crippen molar-refractivity contribution in [2.75, 3.05) is 0 Å². The Bertz CT molecular complexity index is 261. The summed E-state index contributed by atoms with van der Waals surface area (Å²) in [6.45, 7) is 4.69. The zero-order chi connectivity index (χ0) is 9.26. The van der Waals surface area contributed by atoms with Crippen LogP contribution in [0.1, 0.15) is 25.8 Å². The van der Waals surface area contributed by atoms with Gasteiger partial charge >= 0.3 is 0 Å². The lowest BCUT2D eigenvalue weighted by Crippen LogP contribution is -1.95. The molecule has 0 N–H and O–H groups in total. The summed E-state index contributed by atoms with van der Waals surface area (Å²) in [5.41, 5.74) is 1.51. The van der Waals surface area contributed by atoms with Crippen LogP contribution in [0.5, 0.6) is 0 Å². The first-order valence-electron chi connectivity index (χ1n) is 5.31. The fraction of sp³-hybridized carbons (Fsp3) is 0.538. The third-order valence-electron chi connectivity index (χ3n) is 3.17. The van der Waals surface area contributed by atoms with Gasteiger partial charge in [0.1, 0.15) is 0 Å². The van der Waals surface area contributed by atoms with Crippen LogP contribution in [-0.2, 0) is 6.42 Å². The predicted octanol–water partition coefficient (Wildman–Crippen LogP) is 3.52. The largest absolute Gasteiger partial charge is 0.0625 e. The normalized spacial score (nSPS) is 26.4. The van der Waals surface area contributed by atoms with E-state index in [2.05, 4.69) is 44.2 Å². The molecule has 70 valence electrons. The first-order chi connectivity index (χ1) is 6.27. The van der Waals surface area contributed by atoms with E-state index in [1.807, 2.05) is 0 Å². The number of rotatable bonds is 3.